The van der Waals surface area contributed by atoms with Crippen LogP contribution in [-0.4, -0.2) is 55.8 Å². The lowest BCUT2D eigenvalue weighted by atomic mass is 9.51. The van der Waals surface area contributed by atoms with Gasteiger partial charge in [0.05, 0.1) is 30.8 Å². The van der Waals surface area contributed by atoms with E-state index in [4.69, 9.17) is 18.0 Å². The number of hydrogen-bond donors (Lipinski definition) is 0. The summed E-state index contributed by atoms with van der Waals surface area (Å²) in [5.74, 6) is 1.32. The standard InChI is InChI=1S/C43H66O5Si3/c1-28-38(46-50(13,14)41(2,3)4)32-26-25-29-27-33-36(37(40(44)45-9)43(33,8)48-49(10,11)12)34(29)35(32)39(28)47-51(42(5,6)7,30-21-17-15-18-22-30)31-23-19-16-20-24-31/h15-26,28-29,32-39H,27H2,1-14H3/t28-,29-,32-,33+,34-,35-,36+,37?,38-,39+,43?/m0/s1. The van der Waals surface area contributed by atoms with Crippen molar-refractivity contribution in [2.45, 2.75) is 122 Å². The number of methoxy groups -OCH3 is 1. The SMILES string of the molecule is COC(=O)C1[C@H]2[C@@H]3[C@@H]4[C@H](C=C[C@H]3C[C@H]2C1(C)O[Si](C)(C)C)[C@@H](O[Si](C)(C)C(C)(C)C)[C@H](C)[C@H]4O[Si](c1ccccc1)(c1ccccc1)C(C)(C)C. The normalized spacial score (nSPS) is 35.1. The molecule has 11 atom stereocenters. The van der Waals surface area contributed by atoms with Gasteiger partial charge in [-0.15, -0.1) is 0 Å². The van der Waals surface area contributed by atoms with Crippen LogP contribution in [0.2, 0.25) is 42.8 Å². The van der Waals surface area contributed by atoms with Gasteiger partial charge in [0.2, 0.25) is 0 Å². The van der Waals surface area contributed by atoms with E-state index in [1.165, 1.54) is 10.4 Å². The fourth-order valence-corrected chi connectivity index (χ4v) is 18.7. The Bertz CT molecular complexity index is 1550. The van der Waals surface area contributed by atoms with Crippen LogP contribution >= 0.6 is 0 Å². The molecular weight excluding hydrogens is 681 g/mol. The van der Waals surface area contributed by atoms with Crippen LogP contribution in [-0.2, 0) is 22.8 Å². The number of carbonyl (C=O) groups excluding carboxylic acids is 1. The summed E-state index contributed by atoms with van der Waals surface area (Å²) in [5.41, 5.74) is -0.515. The molecule has 4 aliphatic rings. The molecule has 2 aromatic carbocycles. The lowest BCUT2D eigenvalue weighted by Gasteiger charge is -2.60. The zero-order valence-corrected chi connectivity index (χ0v) is 37.0. The van der Waals surface area contributed by atoms with Gasteiger partial charge in [-0.05, 0) is 96.1 Å². The number of ether oxygens (including phenoxy) is 1. The van der Waals surface area contributed by atoms with E-state index >= 15 is 0 Å². The molecule has 280 valence electrons. The summed E-state index contributed by atoms with van der Waals surface area (Å²) in [6.07, 6.45) is 6.06. The summed E-state index contributed by atoms with van der Waals surface area (Å²) in [5, 5.41) is 2.54. The molecule has 2 aromatic rings. The van der Waals surface area contributed by atoms with E-state index in [1.54, 1.807) is 7.11 Å². The van der Waals surface area contributed by atoms with E-state index in [1.807, 2.05) is 0 Å². The van der Waals surface area contributed by atoms with E-state index in [2.05, 4.69) is 161 Å². The summed E-state index contributed by atoms with van der Waals surface area (Å²) in [7, 11) is -5.47. The van der Waals surface area contributed by atoms with Gasteiger partial charge in [0.15, 0.2) is 16.6 Å². The van der Waals surface area contributed by atoms with Gasteiger partial charge in [0, 0.05) is 11.8 Å². The Morgan fingerprint density at radius 1 is 0.745 bits per heavy atom. The minimum atomic E-state index is -2.91. The molecule has 0 amide bonds. The molecule has 6 rings (SSSR count). The van der Waals surface area contributed by atoms with Crippen molar-refractivity contribution in [2.24, 2.45) is 47.3 Å². The molecule has 0 radical (unpaired) electrons. The first-order chi connectivity index (χ1) is 23.6. The van der Waals surface area contributed by atoms with Crippen LogP contribution in [0.1, 0.15) is 61.8 Å². The maximum Gasteiger partial charge on any atom is 0.311 e. The predicted molar refractivity (Wildman–Crippen MR) is 217 cm³/mol. The number of rotatable bonds is 9. The molecule has 3 fully saturated rings. The molecule has 0 aromatic heterocycles. The third kappa shape index (κ3) is 6.35. The van der Waals surface area contributed by atoms with Gasteiger partial charge >= 0.3 is 5.97 Å². The Hall–Kier alpha value is -1.82. The minimum absolute atomic E-state index is 0.0385. The molecule has 2 unspecified atom stereocenters. The van der Waals surface area contributed by atoms with Gasteiger partial charge in [-0.3, -0.25) is 4.79 Å². The van der Waals surface area contributed by atoms with Gasteiger partial charge in [0.25, 0.3) is 8.32 Å². The maximum absolute atomic E-state index is 13.9. The van der Waals surface area contributed by atoms with E-state index < -0.39 is 30.6 Å². The van der Waals surface area contributed by atoms with E-state index in [0.717, 1.165) is 6.42 Å². The Balaban J connectivity index is 1.52. The first-order valence-electron chi connectivity index (χ1n) is 19.5. The minimum Gasteiger partial charge on any atom is -0.469 e. The summed E-state index contributed by atoms with van der Waals surface area (Å²) in [4.78, 5) is 13.9. The zero-order valence-electron chi connectivity index (χ0n) is 34.0. The summed E-state index contributed by atoms with van der Waals surface area (Å²) < 4.78 is 28.4. The average Bonchev–Trinajstić information content (AvgIpc) is 3.51. The summed E-state index contributed by atoms with van der Waals surface area (Å²) in [6.45, 7) is 30.3. The van der Waals surface area contributed by atoms with Crippen molar-refractivity contribution in [3.05, 3.63) is 72.8 Å². The number of allylic oxidation sites excluding steroid dienone is 1. The van der Waals surface area contributed by atoms with Crippen LogP contribution < -0.4 is 10.4 Å². The molecule has 3 saturated carbocycles. The van der Waals surface area contributed by atoms with Gasteiger partial charge < -0.3 is 18.0 Å². The molecule has 8 heteroatoms. The van der Waals surface area contributed by atoms with Crippen LogP contribution in [0.15, 0.2) is 72.8 Å². The first-order valence-corrected chi connectivity index (χ1v) is 27.7. The van der Waals surface area contributed by atoms with Crippen molar-refractivity contribution in [1.29, 1.82) is 0 Å². The molecule has 4 aliphatic carbocycles. The highest BCUT2D eigenvalue weighted by Gasteiger charge is 2.74. The second kappa shape index (κ2) is 13.2. The van der Waals surface area contributed by atoms with Crippen LogP contribution in [0.3, 0.4) is 0 Å². The zero-order chi connectivity index (χ0) is 37.5. The smallest absolute Gasteiger partial charge is 0.311 e. The van der Waals surface area contributed by atoms with Crippen molar-refractivity contribution in [2.75, 3.05) is 7.11 Å². The fraction of sp³-hybridized carbons (Fsp3) is 0.651. The van der Waals surface area contributed by atoms with E-state index in [0.29, 0.717) is 11.8 Å². The third-order valence-corrected chi connectivity index (χ3v) is 24.4. The third-order valence-electron chi connectivity index (χ3n) is 13.9. The molecule has 0 aliphatic heterocycles. The predicted octanol–water partition coefficient (Wildman–Crippen LogP) is 9.06. The second-order valence-electron chi connectivity index (χ2n) is 20.0. The Labute approximate surface area is 312 Å². The molecular formula is C43H66O5Si3. The molecule has 5 nitrogen and oxygen atoms in total. The highest BCUT2D eigenvalue weighted by Crippen LogP contribution is 2.69. The number of benzene rings is 2. The van der Waals surface area contributed by atoms with Crippen molar-refractivity contribution in [3.8, 4) is 0 Å². The van der Waals surface area contributed by atoms with Crippen molar-refractivity contribution < 1.29 is 22.8 Å². The van der Waals surface area contributed by atoms with Crippen LogP contribution in [0.25, 0.3) is 0 Å². The van der Waals surface area contributed by atoms with Gasteiger partial charge in [0.1, 0.15) is 0 Å². The van der Waals surface area contributed by atoms with Crippen molar-refractivity contribution >= 4 is 41.3 Å². The fourth-order valence-electron chi connectivity index (χ4n) is 10.9. The number of esters is 1. The van der Waals surface area contributed by atoms with Crippen LogP contribution in [0.5, 0.6) is 0 Å². The topological polar surface area (TPSA) is 54.0 Å². The molecule has 0 saturated heterocycles. The van der Waals surface area contributed by atoms with Gasteiger partial charge in [-0.25, -0.2) is 0 Å². The first kappa shape index (κ1) is 38.9. The Kier molecular flexibility index (Phi) is 10.1. The molecule has 51 heavy (non-hydrogen) atoms. The van der Waals surface area contributed by atoms with Gasteiger partial charge in [-0.2, -0.15) is 0 Å². The maximum atomic E-state index is 13.9. The van der Waals surface area contributed by atoms with E-state index in [9.17, 15) is 4.79 Å². The lowest BCUT2D eigenvalue weighted by molar-refractivity contribution is -0.203. The summed E-state index contributed by atoms with van der Waals surface area (Å²) >= 11 is 0. The number of fused-ring (bicyclic) bond motifs is 5. The highest BCUT2D eigenvalue weighted by atomic mass is 28.4. The molecule has 0 spiro atoms. The van der Waals surface area contributed by atoms with Crippen LogP contribution in [0, 0.1) is 47.3 Å². The van der Waals surface area contributed by atoms with Gasteiger partial charge in [-0.1, -0.05) is 121 Å². The summed E-state index contributed by atoms with van der Waals surface area (Å²) in [6, 6.07) is 22.2. The van der Waals surface area contributed by atoms with Crippen molar-refractivity contribution in [3.63, 3.8) is 0 Å². The average molecular weight is 747 g/mol. The molecule has 0 N–H and O–H groups in total. The quantitative estimate of drug-likeness (QED) is 0.146. The highest BCUT2D eigenvalue weighted by molar-refractivity contribution is 6.99. The Morgan fingerprint density at radius 3 is 1.76 bits per heavy atom. The Morgan fingerprint density at radius 2 is 1.29 bits per heavy atom. The lowest BCUT2D eigenvalue weighted by Crippen LogP contribution is -2.69. The van der Waals surface area contributed by atoms with Crippen molar-refractivity contribution in [1.82, 2.24) is 0 Å². The molecule has 0 bridgehead atoms. The number of carbonyl (C=O) groups is 1. The van der Waals surface area contributed by atoms with E-state index in [-0.39, 0.29) is 63.8 Å². The van der Waals surface area contributed by atoms with Crippen LogP contribution in [0.4, 0.5) is 0 Å². The number of hydrogen-bond acceptors (Lipinski definition) is 5. The second-order valence-corrected chi connectivity index (χ2v) is 33.5. The molecule has 0 heterocycles. The monoisotopic (exact) mass is 746 g/mol. The largest absolute Gasteiger partial charge is 0.469 e.